The first-order valence-corrected chi connectivity index (χ1v) is 15.0. The van der Waals surface area contributed by atoms with E-state index in [1.807, 2.05) is 84.9 Å². The number of alkyl carbamates (subject to hydrolysis) is 1. The number of ether oxygens (including phenoxy) is 1. The fourth-order valence-corrected chi connectivity index (χ4v) is 5.65. The molecule has 0 bridgehead atoms. The standard InChI is InChI=1S/C36H36N4O6/c37-33(42)32(21-41)39-34(43)30(19-23-11-3-1-4-12-23)38-35(44)31(20-24-13-5-2-6-14-24)40-36(45)46-22-29-27-17-9-7-15-25(27)26-16-8-10-18-28(26)29/h1-18,29-32,41H,19-22H2,(H2,37,42)(H,38,44)(H,39,43)(H,40,45). The number of nitrogens with two attached hydrogens (primary N) is 1. The van der Waals surface area contributed by atoms with Gasteiger partial charge in [-0.1, -0.05) is 109 Å². The van der Waals surface area contributed by atoms with Crippen molar-refractivity contribution in [2.75, 3.05) is 13.2 Å². The van der Waals surface area contributed by atoms with Crippen molar-refractivity contribution < 1.29 is 29.0 Å². The first-order valence-electron chi connectivity index (χ1n) is 15.0. The Hall–Kier alpha value is -5.48. The van der Waals surface area contributed by atoms with Crippen molar-refractivity contribution in [2.45, 2.75) is 36.9 Å². The third kappa shape index (κ3) is 7.77. The first kappa shape index (κ1) is 31.9. The second-order valence-electron chi connectivity index (χ2n) is 11.1. The van der Waals surface area contributed by atoms with E-state index >= 15 is 0 Å². The normalized spacial score (nSPS) is 13.8. The van der Waals surface area contributed by atoms with Gasteiger partial charge in [0.05, 0.1) is 6.61 Å². The van der Waals surface area contributed by atoms with Crippen LogP contribution < -0.4 is 21.7 Å². The molecule has 236 valence electrons. The SMILES string of the molecule is NC(=O)C(CO)NC(=O)C(Cc1ccccc1)NC(=O)C(Cc1ccccc1)NC(=O)OCC1c2ccccc2-c2ccccc21. The molecule has 6 N–H and O–H groups in total. The highest BCUT2D eigenvalue weighted by Gasteiger charge is 2.32. The zero-order valence-corrected chi connectivity index (χ0v) is 25.1. The van der Waals surface area contributed by atoms with E-state index in [1.54, 1.807) is 24.3 Å². The summed E-state index contributed by atoms with van der Waals surface area (Å²) in [5.74, 6) is -2.43. The molecule has 4 amide bonds. The van der Waals surface area contributed by atoms with Gasteiger partial charge in [0.2, 0.25) is 17.7 Å². The number of fused-ring (bicyclic) bond motifs is 3. The maximum atomic E-state index is 13.8. The lowest BCUT2D eigenvalue weighted by Gasteiger charge is -2.25. The number of aliphatic hydroxyl groups excluding tert-OH is 1. The molecular weight excluding hydrogens is 584 g/mol. The Morgan fingerprint density at radius 3 is 1.54 bits per heavy atom. The molecule has 0 saturated heterocycles. The zero-order valence-electron chi connectivity index (χ0n) is 25.1. The molecule has 1 aliphatic rings. The monoisotopic (exact) mass is 620 g/mol. The smallest absolute Gasteiger partial charge is 0.407 e. The van der Waals surface area contributed by atoms with E-state index in [-0.39, 0.29) is 25.4 Å². The summed E-state index contributed by atoms with van der Waals surface area (Å²) in [6.07, 6.45) is -0.578. The Balaban J connectivity index is 1.32. The molecule has 4 aromatic rings. The summed E-state index contributed by atoms with van der Waals surface area (Å²) >= 11 is 0. The van der Waals surface area contributed by atoms with Crippen LogP contribution in [0.1, 0.15) is 28.2 Å². The Bertz CT molecular complexity index is 1630. The highest BCUT2D eigenvalue weighted by molar-refractivity contribution is 5.94. The second-order valence-corrected chi connectivity index (χ2v) is 11.1. The van der Waals surface area contributed by atoms with Crippen LogP contribution >= 0.6 is 0 Å². The summed E-state index contributed by atoms with van der Waals surface area (Å²) in [6.45, 7) is -0.638. The average molecular weight is 621 g/mol. The number of benzene rings is 4. The maximum Gasteiger partial charge on any atom is 0.407 e. The molecular formula is C36H36N4O6. The van der Waals surface area contributed by atoms with Gasteiger partial charge >= 0.3 is 6.09 Å². The molecule has 5 rings (SSSR count). The predicted molar refractivity (Wildman–Crippen MR) is 172 cm³/mol. The third-order valence-corrected chi connectivity index (χ3v) is 7.99. The molecule has 4 aromatic carbocycles. The Morgan fingerprint density at radius 1 is 0.630 bits per heavy atom. The Morgan fingerprint density at radius 2 is 1.07 bits per heavy atom. The predicted octanol–water partition coefficient (Wildman–Crippen LogP) is 2.83. The Labute approximate surface area is 267 Å². The van der Waals surface area contributed by atoms with E-state index in [9.17, 15) is 24.3 Å². The van der Waals surface area contributed by atoms with Gasteiger partial charge < -0.3 is 31.5 Å². The fraction of sp³-hybridized carbons (Fsp3) is 0.222. The van der Waals surface area contributed by atoms with Gasteiger partial charge in [-0.25, -0.2) is 4.79 Å². The van der Waals surface area contributed by atoms with Gasteiger partial charge in [-0.15, -0.1) is 0 Å². The number of primary amides is 1. The van der Waals surface area contributed by atoms with Crippen LogP contribution in [-0.4, -0.2) is 60.3 Å². The largest absolute Gasteiger partial charge is 0.449 e. The van der Waals surface area contributed by atoms with Crippen molar-refractivity contribution >= 4 is 23.8 Å². The number of hydrogen-bond donors (Lipinski definition) is 5. The summed E-state index contributed by atoms with van der Waals surface area (Å²) in [4.78, 5) is 51.9. The molecule has 0 radical (unpaired) electrons. The molecule has 10 nitrogen and oxygen atoms in total. The van der Waals surface area contributed by atoms with E-state index in [1.165, 1.54) is 0 Å². The number of aliphatic hydroxyl groups is 1. The van der Waals surface area contributed by atoms with Gasteiger partial charge in [0, 0.05) is 18.8 Å². The molecule has 3 unspecified atom stereocenters. The van der Waals surface area contributed by atoms with Gasteiger partial charge in [0.25, 0.3) is 0 Å². The summed E-state index contributed by atoms with van der Waals surface area (Å²) in [7, 11) is 0. The minimum absolute atomic E-state index is 0.0637. The van der Waals surface area contributed by atoms with Crippen LogP contribution in [0.25, 0.3) is 11.1 Å². The number of hydrogen-bond acceptors (Lipinski definition) is 6. The molecule has 46 heavy (non-hydrogen) atoms. The third-order valence-electron chi connectivity index (χ3n) is 7.99. The minimum Gasteiger partial charge on any atom is -0.449 e. The van der Waals surface area contributed by atoms with Crippen LogP contribution in [0, 0.1) is 0 Å². The van der Waals surface area contributed by atoms with Crippen molar-refractivity contribution in [3.63, 3.8) is 0 Å². The molecule has 1 aliphatic carbocycles. The Kier molecular flexibility index (Phi) is 10.4. The fourth-order valence-electron chi connectivity index (χ4n) is 5.65. The number of amides is 4. The van der Waals surface area contributed by atoms with Crippen LogP contribution in [0.5, 0.6) is 0 Å². The number of rotatable bonds is 13. The minimum atomic E-state index is -1.33. The van der Waals surface area contributed by atoms with Crippen LogP contribution in [-0.2, 0) is 32.0 Å². The summed E-state index contributed by atoms with van der Waals surface area (Å²) in [5.41, 5.74) is 11.1. The number of nitrogens with one attached hydrogen (secondary N) is 3. The number of carbonyl (C=O) groups is 4. The first-order chi connectivity index (χ1) is 22.3. The van der Waals surface area contributed by atoms with E-state index in [4.69, 9.17) is 10.5 Å². The highest BCUT2D eigenvalue weighted by atomic mass is 16.5. The summed E-state index contributed by atoms with van der Waals surface area (Å²) in [6, 6.07) is 30.5. The van der Waals surface area contributed by atoms with Crippen molar-refractivity contribution in [3.8, 4) is 11.1 Å². The topological polar surface area (TPSA) is 160 Å². The van der Waals surface area contributed by atoms with Crippen molar-refractivity contribution in [1.82, 2.24) is 16.0 Å². The van der Waals surface area contributed by atoms with E-state index in [0.717, 1.165) is 33.4 Å². The number of carbonyl (C=O) groups excluding carboxylic acids is 4. The molecule has 0 fully saturated rings. The van der Waals surface area contributed by atoms with Crippen LogP contribution in [0.2, 0.25) is 0 Å². The van der Waals surface area contributed by atoms with Crippen molar-refractivity contribution in [2.24, 2.45) is 5.73 Å². The van der Waals surface area contributed by atoms with Crippen molar-refractivity contribution in [3.05, 3.63) is 131 Å². The van der Waals surface area contributed by atoms with Gasteiger partial charge in [0.1, 0.15) is 24.7 Å². The highest BCUT2D eigenvalue weighted by Crippen LogP contribution is 2.44. The van der Waals surface area contributed by atoms with Gasteiger partial charge in [-0.05, 0) is 33.4 Å². The lowest BCUT2D eigenvalue weighted by molar-refractivity contribution is -0.132. The molecule has 10 heteroatoms. The molecule has 0 aliphatic heterocycles. The lowest BCUT2D eigenvalue weighted by Crippen LogP contribution is -2.58. The van der Waals surface area contributed by atoms with Gasteiger partial charge in [0.15, 0.2) is 0 Å². The average Bonchev–Trinajstić information content (AvgIpc) is 3.39. The van der Waals surface area contributed by atoms with Crippen LogP contribution in [0.15, 0.2) is 109 Å². The van der Waals surface area contributed by atoms with Gasteiger partial charge in [-0.3, -0.25) is 14.4 Å². The molecule has 3 atom stereocenters. The lowest BCUT2D eigenvalue weighted by atomic mass is 9.98. The van der Waals surface area contributed by atoms with E-state index < -0.39 is 48.5 Å². The van der Waals surface area contributed by atoms with Crippen molar-refractivity contribution in [1.29, 1.82) is 0 Å². The van der Waals surface area contributed by atoms with E-state index in [0.29, 0.717) is 0 Å². The van der Waals surface area contributed by atoms with E-state index in [2.05, 4.69) is 16.0 Å². The summed E-state index contributed by atoms with van der Waals surface area (Å²) < 4.78 is 5.71. The molecule has 0 aromatic heterocycles. The molecule has 0 saturated carbocycles. The molecule has 0 heterocycles. The maximum absolute atomic E-state index is 13.8. The van der Waals surface area contributed by atoms with Crippen LogP contribution in [0.4, 0.5) is 4.79 Å². The summed E-state index contributed by atoms with van der Waals surface area (Å²) in [5, 5.41) is 17.3. The van der Waals surface area contributed by atoms with Gasteiger partial charge in [-0.2, -0.15) is 0 Å². The molecule has 0 spiro atoms. The quantitative estimate of drug-likeness (QED) is 0.155. The van der Waals surface area contributed by atoms with Crippen LogP contribution in [0.3, 0.4) is 0 Å². The zero-order chi connectivity index (χ0) is 32.5. The second kappa shape index (κ2) is 15.0.